The third-order valence-electron chi connectivity index (χ3n) is 5.35. The summed E-state index contributed by atoms with van der Waals surface area (Å²) in [5, 5.41) is 2.60. The van der Waals surface area contributed by atoms with E-state index < -0.39 is 0 Å². The molecule has 0 spiro atoms. The molecule has 2 aromatic carbocycles. The molecule has 0 radical (unpaired) electrons. The predicted molar refractivity (Wildman–Crippen MR) is 96.5 cm³/mol. The van der Waals surface area contributed by atoms with E-state index in [2.05, 4.69) is 73.3 Å². The first kappa shape index (κ1) is 14.4. The van der Waals surface area contributed by atoms with Crippen molar-refractivity contribution in [1.29, 1.82) is 0 Å². The average molecular weight is 302 g/mol. The topological polar surface area (TPSA) is 3.88 Å². The van der Waals surface area contributed by atoms with Crippen LogP contribution in [0, 0.1) is 6.92 Å². The van der Waals surface area contributed by atoms with E-state index in [1.807, 2.05) is 0 Å². The molecule has 0 unspecified atom stereocenters. The Kier molecular flexibility index (Phi) is 3.65. The zero-order valence-electron chi connectivity index (χ0n) is 14.0. The number of benzene rings is 2. The molecule has 4 rings (SSSR count). The van der Waals surface area contributed by atoms with Gasteiger partial charge in [0.25, 0.3) is 0 Å². The van der Waals surface area contributed by atoms with Gasteiger partial charge in [0.05, 0.1) is 0 Å². The molecule has 0 aliphatic heterocycles. The van der Waals surface area contributed by atoms with Gasteiger partial charge in [-0.15, -0.1) is 0 Å². The molecule has 1 nitrogen and oxygen atoms in total. The van der Waals surface area contributed by atoms with Crippen molar-refractivity contribution in [3.63, 3.8) is 0 Å². The van der Waals surface area contributed by atoms with Crippen LogP contribution in [0.5, 0.6) is 0 Å². The van der Waals surface area contributed by atoms with E-state index in [0.717, 1.165) is 5.92 Å². The summed E-state index contributed by atoms with van der Waals surface area (Å²) in [6, 6.07) is 18.0. The molecule has 116 valence electrons. The van der Waals surface area contributed by atoms with E-state index in [4.69, 9.17) is 0 Å². The number of fused-ring (bicyclic) bond motifs is 1. The number of hydrogen-bond acceptors (Lipinski definition) is 0. The number of aryl methyl sites for hydroxylation is 2. The monoisotopic (exact) mass is 302 g/mol. The summed E-state index contributed by atoms with van der Waals surface area (Å²) >= 11 is 0. The first-order chi connectivity index (χ1) is 11.2. The smallest absolute Gasteiger partial charge is 0.200 e. The van der Waals surface area contributed by atoms with Gasteiger partial charge in [0.15, 0.2) is 6.20 Å². The van der Waals surface area contributed by atoms with Crippen LogP contribution in [0.3, 0.4) is 0 Å². The Morgan fingerprint density at radius 1 is 0.913 bits per heavy atom. The number of hydrogen-bond donors (Lipinski definition) is 0. The standard InChI is InChI=1S/C22H24N/c1-16-13-19(17-7-3-4-8-17)11-12-21(16)22-14-18-9-5-6-10-20(18)15-23(22)2/h5-6,9-15,17H,3-4,7-8H2,1-2H3/q+1. The molecule has 1 aliphatic rings. The van der Waals surface area contributed by atoms with Crippen molar-refractivity contribution in [2.45, 2.75) is 38.5 Å². The highest BCUT2D eigenvalue weighted by atomic mass is 14.9. The first-order valence-corrected chi connectivity index (χ1v) is 8.72. The lowest BCUT2D eigenvalue weighted by atomic mass is 9.93. The molecule has 1 fully saturated rings. The van der Waals surface area contributed by atoms with Gasteiger partial charge in [0.1, 0.15) is 7.05 Å². The van der Waals surface area contributed by atoms with Crippen LogP contribution in [0.25, 0.3) is 22.0 Å². The maximum atomic E-state index is 2.42. The second kappa shape index (κ2) is 5.81. The summed E-state index contributed by atoms with van der Waals surface area (Å²) in [4.78, 5) is 0. The molecule has 1 saturated carbocycles. The SMILES string of the molecule is Cc1cc(C2CCCC2)ccc1-c1cc2ccccc2c[n+]1C. The van der Waals surface area contributed by atoms with Crippen molar-refractivity contribution < 1.29 is 4.57 Å². The van der Waals surface area contributed by atoms with Crippen molar-refractivity contribution in [2.75, 3.05) is 0 Å². The van der Waals surface area contributed by atoms with Crippen molar-refractivity contribution in [3.8, 4) is 11.3 Å². The Balaban J connectivity index is 1.79. The number of pyridine rings is 1. The Bertz CT molecular complexity index is 857. The molecule has 1 heteroatoms. The van der Waals surface area contributed by atoms with E-state index in [9.17, 15) is 0 Å². The zero-order valence-corrected chi connectivity index (χ0v) is 14.0. The minimum absolute atomic E-state index is 0.785. The molecule has 1 aromatic heterocycles. The molecule has 0 atom stereocenters. The van der Waals surface area contributed by atoms with Gasteiger partial charge >= 0.3 is 0 Å². The van der Waals surface area contributed by atoms with Gasteiger partial charge in [0, 0.05) is 17.0 Å². The number of aromatic nitrogens is 1. The summed E-state index contributed by atoms with van der Waals surface area (Å²) in [6.07, 6.45) is 7.75. The van der Waals surface area contributed by atoms with Gasteiger partial charge in [-0.1, -0.05) is 43.2 Å². The fraction of sp³-hybridized carbons (Fsp3) is 0.318. The molecule has 0 bridgehead atoms. The van der Waals surface area contributed by atoms with Crippen LogP contribution in [0.15, 0.2) is 54.7 Å². The van der Waals surface area contributed by atoms with Gasteiger partial charge < -0.3 is 0 Å². The molecule has 0 N–H and O–H groups in total. The number of rotatable bonds is 2. The maximum Gasteiger partial charge on any atom is 0.213 e. The Hall–Kier alpha value is -2.15. The molecule has 23 heavy (non-hydrogen) atoms. The van der Waals surface area contributed by atoms with Crippen LogP contribution in [-0.4, -0.2) is 0 Å². The third kappa shape index (κ3) is 2.65. The van der Waals surface area contributed by atoms with Gasteiger partial charge in [0.2, 0.25) is 5.69 Å². The van der Waals surface area contributed by atoms with Crippen LogP contribution >= 0.6 is 0 Å². The highest BCUT2D eigenvalue weighted by molar-refractivity contribution is 5.84. The second-order valence-electron chi connectivity index (χ2n) is 6.95. The summed E-state index contributed by atoms with van der Waals surface area (Å²) in [6.45, 7) is 2.25. The van der Waals surface area contributed by atoms with Crippen molar-refractivity contribution in [1.82, 2.24) is 0 Å². The molecule has 1 aliphatic carbocycles. The molecule has 0 amide bonds. The van der Waals surface area contributed by atoms with Crippen LogP contribution in [0.4, 0.5) is 0 Å². The number of nitrogens with zero attached hydrogens (tertiary/aromatic N) is 1. The summed E-state index contributed by atoms with van der Waals surface area (Å²) < 4.78 is 2.25. The van der Waals surface area contributed by atoms with Gasteiger partial charge in [-0.2, -0.15) is 0 Å². The Morgan fingerprint density at radius 2 is 1.65 bits per heavy atom. The minimum Gasteiger partial charge on any atom is -0.200 e. The predicted octanol–water partition coefficient (Wildman–Crippen LogP) is 5.30. The quantitative estimate of drug-likeness (QED) is 0.566. The molecular weight excluding hydrogens is 278 g/mol. The van der Waals surface area contributed by atoms with Crippen LogP contribution < -0.4 is 4.57 Å². The van der Waals surface area contributed by atoms with Crippen LogP contribution in [-0.2, 0) is 7.05 Å². The summed E-state index contributed by atoms with van der Waals surface area (Å²) in [7, 11) is 2.14. The normalized spacial score (nSPS) is 15.4. The first-order valence-electron chi connectivity index (χ1n) is 8.72. The molecule has 3 aromatic rings. The average Bonchev–Trinajstić information content (AvgIpc) is 3.09. The van der Waals surface area contributed by atoms with Crippen molar-refractivity contribution in [3.05, 3.63) is 65.9 Å². The van der Waals surface area contributed by atoms with Crippen molar-refractivity contribution in [2.24, 2.45) is 7.05 Å². The van der Waals surface area contributed by atoms with E-state index >= 15 is 0 Å². The van der Waals surface area contributed by atoms with Gasteiger partial charge in [-0.3, -0.25) is 0 Å². The molecular formula is C22H24N+. The van der Waals surface area contributed by atoms with Gasteiger partial charge in [-0.05, 0) is 54.3 Å². The zero-order chi connectivity index (χ0) is 15.8. The largest absolute Gasteiger partial charge is 0.213 e. The van der Waals surface area contributed by atoms with E-state index in [-0.39, 0.29) is 0 Å². The fourth-order valence-electron chi connectivity index (χ4n) is 4.04. The Labute approximate surface area is 138 Å². The Morgan fingerprint density at radius 3 is 2.39 bits per heavy atom. The second-order valence-corrected chi connectivity index (χ2v) is 6.95. The lowest BCUT2D eigenvalue weighted by molar-refractivity contribution is -0.659. The highest BCUT2D eigenvalue weighted by Gasteiger charge is 2.19. The van der Waals surface area contributed by atoms with Crippen LogP contribution in [0.2, 0.25) is 0 Å². The van der Waals surface area contributed by atoms with Crippen LogP contribution in [0.1, 0.15) is 42.7 Å². The van der Waals surface area contributed by atoms with E-state index in [1.54, 1.807) is 0 Å². The molecule has 0 saturated heterocycles. The summed E-state index contributed by atoms with van der Waals surface area (Å²) in [5.74, 6) is 0.785. The maximum absolute atomic E-state index is 2.42. The highest BCUT2D eigenvalue weighted by Crippen LogP contribution is 2.36. The third-order valence-corrected chi connectivity index (χ3v) is 5.35. The minimum atomic E-state index is 0.785. The van der Waals surface area contributed by atoms with Crippen molar-refractivity contribution >= 4 is 10.8 Å². The fourth-order valence-corrected chi connectivity index (χ4v) is 4.04. The van der Waals surface area contributed by atoms with E-state index in [0.29, 0.717) is 0 Å². The lowest BCUT2D eigenvalue weighted by Crippen LogP contribution is -2.30. The van der Waals surface area contributed by atoms with E-state index in [1.165, 1.54) is 58.8 Å². The molecule has 1 heterocycles. The summed E-state index contributed by atoms with van der Waals surface area (Å²) in [5.41, 5.74) is 5.56. The van der Waals surface area contributed by atoms with Gasteiger partial charge in [-0.25, -0.2) is 4.57 Å². The lowest BCUT2D eigenvalue weighted by Gasteiger charge is -2.12.